The molecule has 1 spiro atoms. The van der Waals surface area contributed by atoms with E-state index in [0.717, 1.165) is 31.5 Å². The highest BCUT2D eigenvalue weighted by Crippen LogP contribution is 2.37. The molecule has 3 rings (SSSR count). The van der Waals surface area contributed by atoms with Crippen molar-refractivity contribution in [3.63, 3.8) is 0 Å². The summed E-state index contributed by atoms with van der Waals surface area (Å²) < 4.78 is 6.51. The highest BCUT2D eigenvalue weighted by atomic mass is 16.5. The topological polar surface area (TPSA) is 45.0 Å². The monoisotopic (exact) mass is 270 g/mol. The Balaban J connectivity index is 1.78. The van der Waals surface area contributed by atoms with Gasteiger partial charge in [0.05, 0.1) is 23.3 Å². The lowest BCUT2D eigenvalue weighted by Gasteiger charge is -2.41. The maximum Gasteiger partial charge on any atom is 0.0991 e. The van der Waals surface area contributed by atoms with Crippen LogP contribution in [-0.4, -0.2) is 18.7 Å². The van der Waals surface area contributed by atoms with Crippen LogP contribution in [0.4, 0.5) is 0 Å². The van der Waals surface area contributed by atoms with Crippen LogP contribution in [0.15, 0.2) is 24.3 Å². The third-order valence-electron chi connectivity index (χ3n) is 4.57. The molecule has 1 aromatic rings. The highest BCUT2D eigenvalue weighted by molar-refractivity contribution is 5.34. The molecule has 2 aliphatic rings. The minimum Gasteiger partial charge on any atom is -0.364 e. The van der Waals surface area contributed by atoms with Crippen molar-refractivity contribution in [2.24, 2.45) is 0 Å². The number of nitrogens with one attached hydrogen (secondary N) is 1. The quantitative estimate of drug-likeness (QED) is 0.851. The number of nitrogens with zero attached hydrogens (tertiary/aromatic N) is 1. The Bertz CT molecular complexity index is 498. The minimum atomic E-state index is 0.0159. The van der Waals surface area contributed by atoms with E-state index in [-0.39, 0.29) is 11.7 Å². The zero-order valence-electron chi connectivity index (χ0n) is 11.9. The molecule has 0 amide bonds. The molecule has 1 heterocycles. The van der Waals surface area contributed by atoms with Gasteiger partial charge in [-0.2, -0.15) is 5.26 Å². The van der Waals surface area contributed by atoms with Crippen LogP contribution in [0.3, 0.4) is 0 Å². The minimum absolute atomic E-state index is 0.0159. The number of benzene rings is 1. The molecule has 1 aliphatic carbocycles. The average molecular weight is 270 g/mol. The molecule has 1 saturated heterocycles. The Morgan fingerprint density at radius 3 is 2.75 bits per heavy atom. The fourth-order valence-electron chi connectivity index (χ4n) is 3.48. The molecule has 3 heteroatoms. The first kappa shape index (κ1) is 13.6. The van der Waals surface area contributed by atoms with Crippen LogP contribution in [0.25, 0.3) is 0 Å². The van der Waals surface area contributed by atoms with E-state index in [4.69, 9.17) is 10.00 Å². The van der Waals surface area contributed by atoms with Crippen molar-refractivity contribution in [2.45, 2.75) is 50.2 Å². The van der Waals surface area contributed by atoms with Crippen molar-refractivity contribution in [2.75, 3.05) is 13.1 Å². The van der Waals surface area contributed by atoms with Gasteiger partial charge in [-0.25, -0.2) is 0 Å². The summed E-state index contributed by atoms with van der Waals surface area (Å²) in [6.07, 6.45) is 7.61. The largest absolute Gasteiger partial charge is 0.364 e. The predicted molar refractivity (Wildman–Crippen MR) is 78.3 cm³/mol. The maximum atomic E-state index is 9.03. The molecule has 20 heavy (non-hydrogen) atoms. The van der Waals surface area contributed by atoms with Gasteiger partial charge in [0.2, 0.25) is 0 Å². The molecule has 3 nitrogen and oxygen atoms in total. The third-order valence-corrected chi connectivity index (χ3v) is 4.57. The van der Waals surface area contributed by atoms with Crippen LogP contribution >= 0.6 is 0 Å². The second-order valence-electron chi connectivity index (χ2n) is 6.07. The van der Waals surface area contributed by atoms with Gasteiger partial charge < -0.3 is 10.1 Å². The molecule has 0 radical (unpaired) electrons. The number of hydrogen-bond donors (Lipinski definition) is 1. The summed E-state index contributed by atoms with van der Waals surface area (Å²) in [7, 11) is 0. The van der Waals surface area contributed by atoms with Gasteiger partial charge in [-0.3, -0.25) is 0 Å². The second kappa shape index (κ2) is 5.95. The molecule has 1 saturated carbocycles. The first-order valence-corrected chi connectivity index (χ1v) is 7.70. The molecule has 1 aliphatic heterocycles. The summed E-state index contributed by atoms with van der Waals surface area (Å²) in [4.78, 5) is 0. The average Bonchev–Trinajstić information content (AvgIpc) is 2.73. The maximum absolute atomic E-state index is 9.03. The Morgan fingerprint density at radius 1 is 1.20 bits per heavy atom. The molecule has 106 valence electrons. The molecule has 1 unspecified atom stereocenters. The van der Waals surface area contributed by atoms with Crippen molar-refractivity contribution in [1.82, 2.24) is 5.32 Å². The molecular weight excluding hydrogens is 248 g/mol. The normalized spacial score (nSPS) is 25.9. The Labute approximate surface area is 120 Å². The first-order valence-electron chi connectivity index (χ1n) is 7.70. The van der Waals surface area contributed by atoms with Crippen molar-refractivity contribution < 1.29 is 4.74 Å². The SMILES string of the molecule is N#Cc1cccc(C2CNCC3(CCCCCC3)O2)c1. The van der Waals surface area contributed by atoms with Gasteiger partial charge in [0, 0.05) is 13.1 Å². The Kier molecular flexibility index (Phi) is 4.05. The summed E-state index contributed by atoms with van der Waals surface area (Å²) in [5.74, 6) is 0. The van der Waals surface area contributed by atoms with Crippen LogP contribution in [0.1, 0.15) is 55.8 Å². The van der Waals surface area contributed by atoms with Gasteiger partial charge >= 0.3 is 0 Å². The predicted octanol–water partition coefficient (Wildman–Crippen LogP) is 3.31. The van der Waals surface area contributed by atoms with E-state index in [2.05, 4.69) is 17.5 Å². The van der Waals surface area contributed by atoms with E-state index < -0.39 is 0 Å². The smallest absolute Gasteiger partial charge is 0.0991 e. The van der Waals surface area contributed by atoms with Crippen molar-refractivity contribution >= 4 is 0 Å². The van der Waals surface area contributed by atoms with E-state index >= 15 is 0 Å². The summed E-state index contributed by atoms with van der Waals surface area (Å²) in [6, 6.07) is 10.0. The van der Waals surface area contributed by atoms with Crippen molar-refractivity contribution in [1.29, 1.82) is 5.26 Å². The van der Waals surface area contributed by atoms with Gasteiger partial charge in [-0.05, 0) is 30.5 Å². The van der Waals surface area contributed by atoms with Crippen molar-refractivity contribution in [3.8, 4) is 6.07 Å². The number of rotatable bonds is 1. The van der Waals surface area contributed by atoms with Crippen LogP contribution in [0, 0.1) is 11.3 Å². The number of hydrogen-bond acceptors (Lipinski definition) is 3. The standard InChI is InChI=1S/C17H22N2O/c18-11-14-6-5-7-15(10-14)16-12-19-13-17(20-16)8-3-1-2-4-9-17/h5-7,10,16,19H,1-4,8-9,12-13H2. The van der Waals surface area contributed by atoms with E-state index in [1.807, 2.05) is 18.2 Å². The van der Waals surface area contributed by atoms with Crippen LogP contribution in [0.2, 0.25) is 0 Å². The molecular formula is C17H22N2O. The van der Waals surface area contributed by atoms with Crippen LogP contribution < -0.4 is 5.32 Å². The van der Waals surface area contributed by atoms with Gasteiger partial charge in [0.15, 0.2) is 0 Å². The Hall–Kier alpha value is -1.37. The number of ether oxygens (including phenoxy) is 1. The lowest BCUT2D eigenvalue weighted by Crippen LogP contribution is -2.50. The van der Waals surface area contributed by atoms with Gasteiger partial charge in [0.1, 0.15) is 0 Å². The highest BCUT2D eigenvalue weighted by Gasteiger charge is 2.37. The van der Waals surface area contributed by atoms with Crippen LogP contribution in [-0.2, 0) is 4.74 Å². The van der Waals surface area contributed by atoms with Crippen LogP contribution in [0.5, 0.6) is 0 Å². The lowest BCUT2D eigenvalue weighted by atomic mass is 9.91. The molecule has 0 aromatic heterocycles. The first-order chi connectivity index (χ1) is 9.81. The fraction of sp³-hybridized carbons (Fsp3) is 0.588. The summed E-state index contributed by atoms with van der Waals surface area (Å²) >= 11 is 0. The molecule has 1 N–H and O–H groups in total. The fourth-order valence-corrected chi connectivity index (χ4v) is 3.48. The van der Waals surface area contributed by atoms with Gasteiger partial charge in [0.25, 0.3) is 0 Å². The van der Waals surface area contributed by atoms with E-state index in [9.17, 15) is 0 Å². The molecule has 0 bridgehead atoms. The molecule has 1 atom stereocenters. The zero-order valence-corrected chi connectivity index (χ0v) is 11.9. The van der Waals surface area contributed by atoms with E-state index in [1.165, 1.54) is 25.7 Å². The zero-order chi connectivity index (χ0) is 13.8. The summed E-state index contributed by atoms with van der Waals surface area (Å²) in [5.41, 5.74) is 1.86. The second-order valence-corrected chi connectivity index (χ2v) is 6.07. The van der Waals surface area contributed by atoms with E-state index in [1.54, 1.807) is 0 Å². The number of nitriles is 1. The Morgan fingerprint density at radius 2 is 2.00 bits per heavy atom. The van der Waals surface area contributed by atoms with Gasteiger partial charge in [-0.1, -0.05) is 37.8 Å². The summed E-state index contributed by atoms with van der Waals surface area (Å²) in [5, 5.41) is 12.6. The third kappa shape index (κ3) is 2.87. The van der Waals surface area contributed by atoms with E-state index in [0.29, 0.717) is 5.56 Å². The van der Waals surface area contributed by atoms with Crippen molar-refractivity contribution in [3.05, 3.63) is 35.4 Å². The summed E-state index contributed by atoms with van der Waals surface area (Å²) in [6.45, 7) is 1.82. The molecule has 2 fully saturated rings. The lowest BCUT2D eigenvalue weighted by molar-refractivity contribution is -0.126. The van der Waals surface area contributed by atoms with Gasteiger partial charge in [-0.15, -0.1) is 0 Å². The number of morpholine rings is 1. The molecule has 1 aromatic carbocycles.